The molecule has 2 aromatic carbocycles. The number of hydrogen-bond acceptors (Lipinski definition) is 8. The van der Waals surface area contributed by atoms with Crippen molar-refractivity contribution in [3.8, 4) is 16.9 Å². The Kier molecular flexibility index (Phi) is 17.7. The molecule has 0 heterocycles. The molecular weight excluding hydrogens is 488 g/mol. The van der Waals surface area contributed by atoms with Gasteiger partial charge in [0.05, 0.1) is 85.9 Å². The van der Waals surface area contributed by atoms with Crippen molar-refractivity contribution in [3.63, 3.8) is 0 Å². The SMILES string of the molecule is COCCOCCOCCOCCOCCOCCOCCOc1ccc(-c2cc(C)ccc2C)cc1C. The lowest BCUT2D eigenvalue weighted by Gasteiger charge is -2.13. The van der Waals surface area contributed by atoms with Gasteiger partial charge in [-0.25, -0.2) is 0 Å². The van der Waals surface area contributed by atoms with Gasteiger partial charge in [-0.1, -0.05) is 29.8 Å². The van der Waals surface area contributed by atoms with Crippen LogP contribution in [0.1, 0.15) is 16.7 Å². The number of hydrogen-bond donors (Lipinski definition) is 0. The Hall–Kier alpha value is -2.04. The van der Waals surface area contributed by atoms with Gasteiger partial charge in [-0.15, -0.1) is 0 Å². The zero-order valence-electron chi connectivity index (χ0n) is 23.6. The van der Waals surface area contributed by atoms with Crippen LogP contribution in [0, 0.1) is 20.8 Å². The maximum atomic E-state index is 5.90. The molecule has 0 aromatic heterocycles. The van der Waals surface area contributed by atoms with Gasteiger partial charge in [-0.3, -0.25) is 0 Å². The van der Waals surface area contributed by atoms with Gasteiger partial charge in [0.15, 0.2) is 0 Å². The maximum Gasteiger partial charge on any atom is 0.122 e. The van der Waals surface area contributed by atoms with E-state index < -0.39 is 0 Å². The van der Waals surface area contributed by atoms with Crippen LogP contribution in [0.25, 0.3) is 11.1 Å². The van der Waals surface area contributed by atoms with Gasteiger partial charge in [-0.2, -0.15) is 0 Å². The van der Waals surface area contributed by atoms with Crippen LogP contribution in [0.15, 0.2) is 36.4 Å². The third kappa shape index (κ3) is 14.2. The van der Waals surface area contributed by atoms with E-state index in [4.69, 9.17) is 37.9 Å². The van der Waals surface area contributed by atoms with E-state index in [0.29, 0.717) is 92.5 Å². The molecule has 2 rings (SSSR count). The molecule has 214 valence electrons. The molecule has 38 heavy (non-hydrogen) atoms. The fraction of sp³-hybridized carbons (Fsp3) is 0.600. The summed E-state index contributed by atoms with van der Waals surface area (Å²) in [7, 11) is 1.65. The van der Waals surface area contributed by atoms with Crippen molar-refractivity contribution in [1.29, 1.82) is 0 Å². The van der Waals surface area contributed by atoms with Crippen molar-refractivity contribution >= 4 is 0 Å². The van der Waals surface area contributed by atoms with Crippen molar-refractivity contribution in [2.24, 2.45) is 0 Å². The highest BCUT2D eigenvalue weighted by atomic mass is 16.6. The van der Waals surface area contributed by atoms with Crippen LogP contribution in [0.2, 0.25) is 0 Å². The average molecular weight is 535 g/mol. The van der Waals surface area contributed by atoms with E-state index in [1.165, 1.54) is 22.3 Å². The fourth-order valence-corrected chi connectivity index (χ4v) is 3.58. The molecule has 0 unspecified atom stereocenters. The summed E-state index contributed by atoms with van der Waals surface area (Å²) in [5.74, 6) is 0.885. The number of rotatable bonds is 23. The first-order valence-electron chi connectivity index (χ1n) is 13.4. The second-order valence-corrected chi connectivity index (χ2v) is 8.81. The molecule has 0 fully saturated rings. The summed E-state index contributed by atoms with van der Waals surface area (Å²) in [5.41, 5.74) is 6.12. The predicted octanol–water partition coefficient (Wildman–Crippen LogP) is 4.40. The molecule has 0 N–H and O–H groups in total. The Morgan fingerprint density at radius 3 is 1.42 bits per heavy atom. The van der Waals surface area contributed by atoms with Crippen molar-refractivity contribution < 1.29 is 37.9 Å². The van der Waals surface area contributed by atoms with Gasteiger partial charge in [0.2, 0.25) is 0 Å². The summed E-state index contributed by atoms with van der Waals surface area (Å²) in [4.78, 5) is 0. The Balaban J connectivity index is 1.38. The third-order valence-electron chi connectivity index (χ3n) is 5.66. The molecule has 2 aromatic rings. The Bertz CT molecular complexity index is 873. The summed E-state index contributed by atoms with van der Waals surface area (Å²) >= 11 is 0. The summed E-state index contributed by atoms with van der Waals surface area (Å²) in [6.45, 7) is 13.9. The second-order valence-electron chi connectivity index (χ2n) is 8.81. The first-order valence-corrected chi connectivity index (χ1v) is 13.4. The van der Waals surface area contributed by atoms with E-state index in [1.54, 1.807) is 7.11 Å². The molecule has 0 bridgehead atoms. The maximum absolute atomic E-state index is 5.90. The highest BCUT2D eigenvalue weighted by molar-refractivity contribution is 5.69. The van der Waals surface area contributed by atoms with E-state index in [2.05, 4.69) is 51.1 Å². The largest absolute Gasteiger partial charge is 0.491 e. The van der Waals surface area contributed by atoms with Crippen LogP contribution in [0.5, 0.6) is 5.75 Å². The molecule has 0 atom stereocenters. The summed E-state index contributed by atoms with van der Waals surface area (Å²) < 4.78 is 43.6. The highest BCUT2D eigenvalue weighted by Gasteiger charge is 2.06. The Morgan fingerprint density at radius 2 is 0.947 bits per heavy atom. The monoisotopic (exact) mass is 534 g/mol. The van der Waals surface area contributed by atoms with Gasteiger partial charge in [0.25, 0.3) is 0 Å². The number of aryl methyl sites for hydroxylation is 3. The second kappa shape index (κ2) is 20.9. The first kappa shape index (κ1) is 32.2. The van der Waals surface area contributed by atoms with Gasteiger partial charge >= 0.3 is 0 Å². The van der Waals surface area contributed by atoms with Crippen LogP contribution in [0.4, 0.5) is 0 Å². The Labute approximate surface area is 228 Å². The number of benzene rings is 2. The quantitative estimate of drug-likeness (QED) is 0.194. The van der Waals surface area contributed by atoms with Crippen molar-refractivity contribution in [2.45, 2.75) is 20.8 Å². The molecule has 0 spiro atoms. The zero-order chi connectivity index (χ0) is 27.3. The van der Waals surface area contributed by atoms with Crippen LogP contribution in [-0.2, 0) is 33.2 Å². The van der Waals surface area contributed by atoms with E-state index >= 15 is 0 Å². The number of ether oxygens (including phenoxy) is 8. The van der Waals surface area contributed by atoms with Crippen LogP contribution >= 0.6 is 0 Å². The number of methoxy groups -OCH3 is 1. The zero-order valence-corrected chi connectivity index (χ0v) is 23.6. The minimum Gasteiger partial charge on any atom is -0.491 e. The van der Waals surface area contributed by atoms with Crippen LogP contribution in [0.3, 0.4) is 0 Å². The van der Waals surface area contributed by atoms with Gasteiger partial charge in [0, 0.05) is 7.11 Å². The standard InChI is InChI=1S/C30H46O8/c1-25-5-6-26(2)29(23-25)28-7-8-30(27(3)24-28)38-22-21-37-20-19-36-18-17-35-16-15-34-14-13-33-12-11-32-10-9-31-4/h5-8,23-24H,9-22H2,1-4H3. The van der Waals surface area contributed by atoms with Gasteiger partial charge in [0.1, 0.15) is 12.4 Å². The summed E-state index contributed by atoms with van der Waals surface area (Å²) in [5, 5.41) is 0. The lowest BCUT2D eigenvalue weighted by molar-refractivity contribution is -0.0199. The molecule has 0 aliphatic carbocycles. The van der Waals surface area contributed by atoms with Gasteiger partial charge < -0.3 is 37.9 Å². The first-order chi connectivity index (χ1) is 18.6. The molecule has 0 amide bonds. The fourth-order valence-electron chi connectivity index (χ4n) is 3.58. The molecule has 8 heteroatoms. The van der Waals surface area contributed by atoms with Crippen LogP contribution in [-0.4, -0.2) is 99.6 Å². The van der Waals surface area contributed by atoms with E-state index in [1.807, 2.05) is 6.07 Å². The normalized spacial score (nSPS) is 11.3. The minimum absolute atomic E-state index is 0.500. The summed E-state index contributed by atoms with van der Waals surface area (Å²) in [6.07, 6.45) is 0. The lowest BCUT2D eigenvalue weighted by Crippen LogP contribution is -2.15. The topological polar surface area (TPSA) is 73.8 Å². The smallest absolute Gasteiger partial charge is 0.122 e. The molecule has 0 radical (unpaired) electrons. The van der Waals surface area contributed by atoms with E-state index in [9.17, 15) is 0 Å². The van der Waals surface area contributed by atoms with E-state index in [-0.39, 0.29) is 0 Å². The molecule has 8 nitrogen and oxygen atoms in total. The van der Waals surface area contributed by atoms with Gasteiger partial charge in [-0.05, 0) is 55.2 Å². The van der Waals surface area contributed by atoms with E-state index in [0.717, 1.165) is 11.3 Å². The Morgan fingerprint density at radius 1 is 0.474 bits per heavy atom. The summed E-state index contributed by atoms with van der Waals surface area (Å²) in [6, 6.07) is 12.9. The molecule has 0 aliphatic heterocycles. The highest BCUT2D eigenvalue weighted by Crippen LogP contribution is 2.29. The van der Waals surface area contributed by atoms with Crippen molar-refractivity contribution in [2.75, 3.05) is 99.6 Å². The molecule has 0 saturated carbocycles. The molecular formula is C30H46O8. The van der Waals surface area contributed by atoms with Crippen molar-refractivity contribution in [3.05, 3.63) is 53.1 Å². The lowest BCUT2D eigenvalue weighted by atomic mass is 9.97. The predicted molar refractivity (Wildman–Crippen MR) is 148 cm³/mol. The van der Waals surface area contributed by atoms with Crippen LogP contribution < -0.4 is 4.74 Å². The minimum atomic E-state index is 0.500. The molecule has 0 saturated heterocycles. The average Bonchev–Trinajstić information content (AvgIpc) is 2.91. The van der Waals surface area contributed by atoms with Crippen molar-refractivity contribution in [1.82, 2.24) is 0 Å². The molecule has 0 aliphatic rings. The third-order valence-corrected chi connectivity index (χ3v) is 5.66.